The molecule has 0 radical (unpaired) electrons. The van der Waals surface area contributed by atoms with Crippen LogP contribution in [0.15, 0.2) is 24.5 Å². The van der Waals surface area contributed by atoms with Crippen molar-refractivity contribution in [2.45, 2.75) is 0 Å². The fourth-order valence-corrected chi connectivity index (χ4v) is 1.40. The Hall–Kier alpha value is -2.84. The Bertz CT molecular complexity index is 630. The largest absolute Gasteiger partial charge is 0.378 e. The zero-order chi connectivity index (χ0) is 14.0. The summed E-state index contributed by atoms with van der Waals surface area (Å²) in [7, 11) is 0. The van der Waals surface area contributed by atoms with E-state index in [1.165, 1.54) is 6.07 Å². The van der Waals surface area contributed by atoms with Crippen LogP contribution in [0.5, 0.6) is 0 Å². The number of aromatic nitrogens is 2. The summed E-state index contributed by atoms with van der Waals surface area (Å²) in [5.74, 6) is -2.61. The van der Waals surface area contributed by atoms with Gasteiger partial charge >= 0.3 is 5.69 Å². The Morgan fingerprint density at radius 1 is 1.26 bits per heavy atom. The molecule has 0 spiro atoms. The first-order valence-electron chi connectivity index (χ1n) is 4.96. The Morgan fingerprint density at radius 2 is 1.89 bits per heavy atom. The first kappa shape index (κ1) is 12.6. The smallest absolute Gasteiger partial charge is 0.353 e. The van der Waals surface area contributed by atoms with Gasteiger partial charge in [0.2, 0.25) is 11.6 Å². The lowest BCUT2D eigenvalue weighted by molar-refractivity contribution is -0.383. The standard InChI is InChI=1S/C10H7F2N5O2/c11-5-2-1-3-6(12)7(5)16-10-8(17(18)19)9(13)14-4-15-10/h1-4H,(H3,13,14,15,16). The number of para-hydroxylation sites is 1. The van der Waals surface area contributed by atoms with E-state index in [1.54, 1.807) is 0 Å². The minimum absolute atomic E-state index is 0.387. The van der Waals surface area contributed by atoms with Gasteiger partial charge in [0.05, 0.1) is 4.92 Å². The molecule has 0 unspecified atom stereocenters. The van der Waals surface area contributed by atoms with Crippen LogP contribution in [0.1, 0.15) is 0 Å². The van der Waals surface area contributed by atoms with Crippen LogP contribution in [0.25, 0.3) is 0 Å². The van der Waals surface area contributed by atoms with E-state index in [0.29, 0.717) is 0 Å². The maximum absolute atomic E-state index is 13.4. The number of benzene rings is 1. The highest BCUT2D eigenvalue weighted by molar-refractivity contribution is 5.72. The predicted molar refractivity (Wildman–Crippen MR) is 62.7 cm³/mol. The van der Waals surface area contributed by atoms with Crippen molar-refractivity contribution in [3.8, 4) is 0 Å². The number of nitrogens with two attached hydrogens (primary N) is 1. The van der Waals surface area contributed by atoms with Crippen molar-refractivity contribution < 1.29 is 13.7 Å². The fourth-order valence-electron chi connectivity index (χ4n) is 1.40. The minimum atomic E-state index is -0.911. The molecule has 19 heavy (non-hydrogen) atoms. The molecule has 98 valence electrons. The Kier molecular flexibility index (Phi) is 3.19. The zero-order valence-electron chi connectivity index (χ0n) is 9.30. The molecular formula is C10H7F2N5O2. The fraction of sp³-hybridized carbons (Fsp3) is 0. The van der Waals surface area contributed by atoms with E-state index in [4.69, 9.17) is 5.73 Å². The molecule has 0 bridgehead atoms. The first-order valence-corrected chi connectivity index (χ1v) is 4.96. The molecule has 0 aliphatic heterocycles. The van der Waals surface area contributed by atoms with Crippen molar-refractivity contribution in [2.24, 2.45) is 0 Å². The molecule has 1 aromatic carbocycles. The van der Waals surface area contributed by atoms with Crippen molar-refractivity contribution >= 4 is 23.0 Å². The van der Waals surface area contributed by atoms with Crippen LogP contribution in [0.2, 0.25) is 0 Å². The molecule has 0 aliphatic rings. The van der Waals surface area contributed by atoms with E-state index in [9.17, 15) is 18.9 Å². The SMILES string of the molecule is Nc1ncnc(Nc2c(F)cccc2F)c1[N+](=O)[O-]. The maximum atomic E-state index is 13.4. The maximum Gasteiger partial charge on any atom is 0.353 e. The van der Waals surface area contributed by atoms with Gasteiger partial charge in [-0.1, -0.05) is 6.07 Å². The minimum Gasteiger partial charge on any atom is -0.378 e. The molecule has 7 nitrogen and oxygen atoms in total. The highest BCUT2D eigenvalue weighted by Crippen LogP contribution is 2.30. The molecule has 0 saturated heterocycles. The third-order valence-electron chi connectivity index (χ3n) is 2.24. The van der Waals surface area contributed by atoms with Crippen LogP contribution in [0.3, 0.4) is 0 Å². The number of hydrogen-bond donors (Lipinski definition) is 2. The van der Waals surface area contributed by atoms with E-state index in [0.717, 1.165) is 18.5 Å². The third kappa shape index (κ3) is 2.39. The van der Waals surface area contributed by atoms with Crippen molar-refractivity contribution in [1.29, 1.82) is 0 Å². The summed E-state index contributed by atoms with van der Waals surface area (Å²) in [6.45, 7) is 0. The lowest BCUT2D eigenvalue weighted by Gasteiger charge is -2.08. The van der Waals surface area contributed by atoms with Crippen molar-refractivity contribution in [3.63, 3.8) is 0 Å². The van der Waals surface area contributed by atoms with Crippen molar-refractivity contribution in [2.75, 3.05) is 11.1 Å². The number of nitro groups is 1. The zero-order valence-corrected chi connectivity index (χ0v) is 9.30. The van der Waals surface area contributed by atoms with Gasteiger partial charge in [-0.15, -0.1) is 0 Å². The van der Waals surface area contributed by atoms with Crippen LogP contribution >= 0.6 is 0 Å². The van der Waals surface area contributed by atoms with E-state index in [-0.39, 0.29) is 5.82 Å². The van der Waals surface area contributed by atoms with Crippen LogP contribution in [0.4, 0.5) is 31.8 Å². The van der Waals surface area contributed by atoms with E-state index in [1.807, 2.05) is 0 Å². The number of nitrogen functional groups attached to an aromatic ring is 1. The van der Waals surface area contributed by atoms with Crippen LogP contribution in [-0.4, -0.2) is 14.9 Å². The molecule has 0 fully saturated rings. The molecule has 2 rings (SSSR count). The van der Waals surface area contributed by atoms with Gasteiger partial charge in [0, 0.05) is 0 Å². The highest BCUT2D eigenvalue weighted by atomic mass is 19.1. The summed E-state index contributed by atoms with van der Waals surface area (Å²) in [6, 6.07) is 3.17. The molecule has 1 heterocycles. The number of nitrogens with one attached hydrogen (secondary N) is 1. The van der Waals surface area contributed by atoms with Crippen molar-refractivity contribution in [3.05, 3.63) is 46.3 Å². The topological polar surface area (TPSA) is 107 Å². The summed E-state index contributed by atoms with van der Waals surface area (Å²) < 4.78 is 26.8. The second-order valence-electron chi connectivity index (χ2n) is 3.43. The summed E-state index contributed by atoms with van der Waals surface area (Å²) >= 11 is 0. The van der Waals surface area contributed by atoms with Gasteiger partial charge in [-0.05, 0) is 12.1 Å². The number of anilines is 3. The summed E-state index contributed by atoms with van der Waals surface area (Å²) in [6.07, 6.45) is 0.948. The second kappa shape index (κ2) is 4.80. The summed E-state index contributed by atoms with van der Waals surface area (Å²) in [5.41, 5.74) is 4.13. The number of rotatable bonds is 3. The first-order chi connectivity index (χ1) is 9.00. The van der Waals surface area contributed by atoms with E-state index < -0.39 is 33.8 Å². The monoisotopic (exact) mass is 267 g/mol. The molecule has 2 aromatic rings. The third-order valence-corrected chi connectivity index (χ3v) is 2.24. The average Bonchev–Trinajstić information content (AvgIpc) is 2.33. The lowest BCUT2D eigenvalue weighted by atomic mass is 10.3. The van der Waals surface area contributed by atoms with Gasteiger partial charge in [0.1, 0.15) is 23.6 Å². The Morgan fingerprint density at radius 3 is 2.47 bits per heavy atom. The molecule has 0 amide bonds. The van der Waals surface area contributed by atoms with Gasteiger partial charge in [0.25, 0.3) is 0 Å². The highest BCUT2D eigenvalue weighted by Gasteiger charge is 2.22. The van der Waals surface area contributed by atoms with Gasteiger partial charge < -0.3 is 11.1 Å². The number of nitrogens with zero attached hydrogens (tertiary/aromatic N) is 3. The van der Waals surface area contributed by atoms with E-state index in [2.05, 4.69) is 15.3 Å². The predicted octanol–water partition coefficient (Wildman–Crippen LogP) is 1.99. The quantitative estimate of drug-likeness (QED) is 0.650. The van der Waals surface area contributed by atoms with Gasteiger partial charge in [0.15, 0.2) is 0 Å². The normalized spacial score (nSPS) is 10.2. The molecule has 0 saturated carbocycles. The van der Waals surface area contributed by atoms with Crippen LogP contribution in [0, 0.1) is 21.7 Å². The molecule has 1 aromatic heterocycles. The number of halogens is 2. The summed E-state index contributed by atoms with van der Waals surface area (Å²) in [5, 5.41) is 13.0. The Labute approximate surface area is 105 Å². The molecular weight excluding hydrogens is 260 g/mol. The number of hydrogen-bond acceptors (Lipinski definition) is 6. The van der Waals surface area contributed by atoms with Gasteiger partial charge in [-0.2, -0.15) is 0 Å². The average molecular weight is 267 g/mol. The second-order valence-corrected chi connectivity index (χ2v) is 3.43. The molecule has 0 aliphatic carbocycles. The van der Waals surface area contributed by atoms with Crippen molar-refractivity contribution in [1.82, 2.24) is 9.97 Å². The van der Waals surface area contributed by atoms with Gasteiger partial charge in [-0.3, -0.25) is 10.1 Å². The molecule has 0 atom stereocenters. The lowest BCUT2D eigenvalue weighted by Crippen LogP contribution is -2.06. The van der Waals surface area contributed by atoms with E-state index >= 15 is 0 Å². The molecule has 9 heteroatoms. The Balaban J connectivity index is 2.50. The molecule has 3 N–H and O–H groups in total. The van der Waals surface area contributed by atoms with Crippen LogP contribution < -0.4 is 11.1 Å². The van der Waals surface area contributed by atoms with Crippen LogP contribution in [-0.2, 0) is 0 Å². The van der Waals surface area contributed by atoms with Gasteiger partial charge in [-0.25, -0.2) is 18.7 Å². The summed E-state index contributed by atoms with van der Waals surface area (Å²) in [4.78, 5) is 17.0.